The lowest BCUT2D eigenvalue weighted by molar-refractivity contribution is -0.134. The maximum absolute atomic E-state index is 12.1. The van der Waals surface area contributed by atoms with Gasteiger partial charge in [-0.15, -0.1) is 0 Å². The number of benzene rings is 1. The molecule has 2 amide bonds. The molecule has 1 aliphatic carbocycles. The highest BCUT2D eigenvalue weighted by molar-refractivity contribution is 5.92. The zero-order valence-corrected chi connectivity index (χ0v) is 13.5. The number of amides is 2. The number of nitrogens with one attached hydrogen (secondary N) is 1. The van der Waals surface area contributed by atoms with Gasteiger partial charge in [0.25, 0.3) is 0 Å². The van der Waals surface area contributed by atoms with Gasteiger partial charge in [0.15, 0.2) is 0 Å². The summed E-state index contributed by atoms with van der Waals surface area (Å²) in [6.07, 6.45) is 2.60. The summed E-state index contributed by atoms with van der Waals surface area (Å²) >= 11 is 0. The maximum Gasteiger partial charge on any atom is 0.226 e. The van der Waals surface area contributed by atoms with Crippen molar-refractivity contribution in [2.75, 3.05) is 19.6 Å². The van der Waals surface area contributed by atoms with Crippen LogP contribution in [0.25, 0.3) is 0 Å². The van der Waals surface area contributed by atoms with Crippen molar-refractivity contribution in [1.82, 2.24) is 10.2 Å². The predicted molar refractivity (Wildman–Crippen MR) is 87.3 cm³/mol. The summed E-state index contributed by atoms with van der Waals surface area (Å²) in [5.41, 5.74) is 1.29. The number of rotatable bonds is 8. The lowest BCUT2D eigenvalue weighted by atomic mass is 10.1. The average Bonchev–Trinajstić information content (AvgIpc) is 3.34. The van der Waals surface area contributed by atoms with Crippen LogP contribution in [0.4, 0.5) is 0 Å². The SMILES string of the molecule is CCN(CC)C(=O)C1CC1C(=O)NCCCc1ccccc1. The van der Waals surface area contributed by atoms with Crippen LogP contribution in [-0.2, 0) is 16.0 Å². The predicted octanol–water partition coefficient (Wildman–Crippen LogP) is 2.24. The van der Waals surface area contributed by atoms with E-state index < -0.39 is 0 Å². The van der Waals surface area contributed by atoms with Gasteiger partial charge in [-0.2, -0.15) is 0 Å². The van der Waals surface area contributed by atoms with Crippen molar-refractivity contribution < 1.29 is 9.59 Å². The van der Waals surface area contributed by atoms with Crippen molar-refractivity contribution in [3.8, 4) is 0 Å². The monoisotopic (exact) mass is 302 g/mol. The molecule has 0 heterocycles. The van der Waals surface area contributed by atoms with Gasteiger partial charge >= 0.3 is 0 Å². The van der Waals surface area contributed by atoms with E-state index in [9.17, 15) is 9.59 Å². The molecule has 0 bridgehead atoms. The summed E-state index contributed by atoms with van der Waals surface area (Å²) in [4.78, 5) is 26.0. The van der Waals surface area contributed by atoms with E-state index in [1.807, 2.05) is 36.9 Å². The van der Waals surface area contributed by atoms with Crippen LogP contribution in [0.1, 0.15) is 32.3 Å². The molecule has 4 heteroatoms. The second kappa shape index (κ2) is 7.97. The molecule has 4 nitrogen and oxygen atoms in total. The number of aryl methyl sites for hydroxylation is 1. The molecule has 0 aliphatic heterocycles. The van der Waals surface area contributed by atoms with E-state index in [4.69, 9.17) is 0 Å². The first kappa shape index (κ1) is 16.5. The van der Waals surface area contributed by atoms with Crippen LogP contribution in [0.15, 0.2) is 30.3 Å². The third-order valence-corrected chi connectivity index (χ3v) is 4.30. The zero-order chi connectivity index (χ0) is 15.9. The topological polar surface area (TPSA) is 49.4 Å². The van der Waals surface area contributed by atoms with Crippen LogP contribution >= 0.6 is 0 Å². The van der Waals surface area contributed by atoms with Crippen LogP contribution < -0.4 is 5.32 Å². The van der Waals surface area contributed by atoms with Gasteiger partial charge in [-0.05, 0) is 38.7 Å². The van der Waals surface area contributed by atoms with Crippen molar-refractivity contribution in [1.29, 1.82) is 0 Å². The molecule has 1 N–H and O–H groups in total. The van der Waals surface area contributed by atoms with Gasteiger partial charge in [-0.1, -0.05) is 30.3 Å². The summed E-state index contributed by atoms with van der Waals surface area (Å²) in [7, 11) is 0. The maximum atomic E-state index is 12.1. The highest BCUT2D eigenvalue weighted by Gasteiger charge is 2.48. The smallest absolute Gasteiger partial charge is 0.226 e. The van der Waals surface area contributed by atoms with Gasteiger partial charge < -0.3 is 10.2 Å². The Morgan fingerprint density at radius 2 is 1.82 bits per heavy atom. The van der Waals surface area contributed by atoms with E-state index in [-0.39, 0.29) is 23.7 Å². The second-order valence-electron chi connectivity index (χ2n) is 5.84. The molecule has 1 aromatic rings. The molecular weight excluding hydrogens is 276 g/mol. The normalized spacial score (nSPS) is 19.5. The minimum atomic E-state index is -0.107. The summed E-state index contributed by atoms with van der Waals surface area (Å²) < 4.78 is 0. The number of nitrogens with zero attached hydrogens (tertiary/aromatic N) is 1. The largest absolute Gasteiger partial charge is 0.356 e. The first-order valence-corrected chi connectivity index (χ1v) is 8.27. The summed E-state index contributed by atoms with van der Waals surface area (Å²) in [6.45, 7) is 6.07. The van der Waals surface area contributed by atoms with Crippen LogP contribution in [0.5, 0.6) is 0 Å². The van der Waals surface area contributed by atoms with E-state index in [1.54, 1.807) is 0 Å². The highest BCUT2D eigenvalue weighted by Crippen LogP contribution is 2.40. The van der Waals surface area contributed by atoms with Gasteiger partial charge in [0, 0.05) is 19.6 Å². The average molecular weight is 302 g/mol. The molecule has 1 aliphatic rings. The van der Waals surface area contributed by atoms with Gasteiger partial charge in [0.1, 0.15) is 0 Å². The fraction of sp³-hybridized carbons (Fsp3) is 0.556. The molecule has 0 saturated heterocycles. The Hall–Kier alpha value is -1.84. The number of hydrogen-bond acceptors (Lipinski definition) is 2. The molecule has 1 saturated carbocycles. The first-order chi connectivity index (χ1) is 10.7. The third-order valence-electron chi connectivity index (χ3n) is 4.30. The molecule has 1 aromatic carbocycles. The van der Waals surface area contributed by atoms with E-state index in [2.05, 4.69) is 17.4 Å². The van der Waals surface area contributed by atoms with Crippen molar-refractivity contribution in [2.45, 2.75) is 33.1 Å². The summed E-state index contributed by atoms with van der Waals surface area (Å²) in [5.74, 6) is -0.0214. The van der Waals surface area contributed by atoms with Crippen LogP contribution in [0.2, 0.25) is 0 Å². The first-order valence-electron chi connectivity index (χ1n) is 8.27. The number of hydrogen-bond donors (Lipinski definition) is 1. The van der Waals surface area contributed by atoms with Crippen molar-refractivity contribution in [3.63, 3.8) is 0 Å². The van der Waals surface area contributed by atoms with Gasteiger partial charge in [-0.3, -0.25) is 9.59 Å². The van der Waals surface area contributed by atoms with Crippen LogP contribution in [-0.4, -0.2) is 36.3 Å². The summed E-state index contributed by atoms with van der Waals surface area (Å²) in [6, 6.07) is 10.3. The zero-order valence-electron chi connectivity index (χ0n) is 13.5. The Kier molecular flexibility index (Phi) is 5.99. The molecule has 2 unspecified atom stereocenters. The molecule has 0 spiro atoms. The van der Waals surface area contributed by atoms with E-state index in [0.717, 1.165) is 25.9 Å². The molecular formula is C18H26N2O2. The van der Waals surface area contributed by atoms with Crippen LogP contribution in [0.3, 0.4) is 0 Å². The fourth-order valence-electron chi connectivity index (χ4n) is 2.81. The molecule has 22 heavy (non-hydrogen) atoms. The van der Waals surface area contributed by atoms with Gasteiger partial charge in [0.2, 0.25) is 11.8 Å². The minimum Gasteiger partial charge on any atom is -0.356 e. The Morgan fingerprint density at radius 1 is 1.14 bits per heavy atom. The van der Waals surface area contributed by atoms with E-state index >= 15 is 0 Å². The number of carbonyl (C=O) groups excluding carboxylic acids is 2. The number of carbonyl (C=O) groups is 2. The van der Waals surface area contributed by atoms with E-state index in [0.29, 0.717) is 13.0 Å². The van der Waals surface area contributed by atoms with Crippen molar-refractivity contribution >= 4 is 11.8 Å². The van der Waals surface area contributed by atoms with Crippen molar-refractivity contribution in [2.24, 2.45) is 11.8 Å². The Bertz CT molecular complexity index is 497. The van der Waals surface area contributed by atoms with Gasteiger partial charge in [0.05, 0.1) is 11.8 Å². The van der Waals surface area contributed by atoms with E-state index in [1.165, 1.54) is 5.56 Å². The lowest BCUT2D eigenvalue weighted by Crippen LogP contribution is -2.34. The second-order valence-corrected chi connectivity index (χ2v) is 5.84. The summed E-state index contributed by atoms with van der Waals surface area (Å²) in [5, 5.41) is 2.96. The Balaban J connectivity index is 1.66. The molecule has 0 radical (unpaired) electrons. The molecule has 2 rings (SSSR count). The molecule has 0 aromatic heterocycles. The molecule has 1 fully saturated rings. The minimum absolute atomic E-state index is 0.0403. The Labute approximate surface area is 132 Å². The standard InChI is InChI=1S/C18H26N2O2/c1-3-20(4-2)18(22)16-13-15(16)17(21)19-12-8-11-14-9-6-5-7-10-14/h5-7,9-10,15-16H,3-4,8,11-13H2,1-2H3,(H,19,21). The van der Waals surface area contributed by atoms with Gasteiger partial charge in [-0.25, -0.2) is 0 Å². The molecule has 120 valence electrons. The Morgan fingerprint density at radius 3 is 2.45 bits per heavy atom. The molecule has 2 atom stereocenters. The lowest BCUT2D eigenvalue weighted by Gasteiger charge is -2.18. The highest BCUT2D eigenvalue weighted by atomic mass is 16.2. The quantitative estimate of drug-likeness (QED) is 0.749. The van der Waals surface area contributed by atoms with Crippen molar-refractivity contribution in [3.05, 3.63) is 35.9 Å². The third kappa shape index (κ3) is 4.33. The fourth-order valence-corrected chi connectivity index (χ4v) is 2.81. The van der Waals surface area contributed by atoms with Crippen LogP contribution in [0, 0.1) is 11.8 Å².